The summed E-state index contributed by atoms with van der Waals surface area (Å²) in [5, 5.41) is 14.1. The number of hydrogen-bond donors (Lipinski definition) is 3. The highest BCUT2D eigenvalue weighted by Gasteiger charge is 2.15. The molecule has 0 aliphatic rings. The Morgan fingerprint density at radius 2 is 1.90 bits per heavy atom. The fraction of sp³-hybridized carbons (Fsp3) is 0.0588. The maximum absolute atomic E-state index is 13.6. The molecule has 3 aromatic rings. The number of carbonyl (C=O) groups excluding carboxylic acids is 1. The van der Waals surface area contributed by atoms with E-state index in [4.69, 9.17) is 5.84 Å². The number of nitrogens with two attached hydrogens (primary N) is 1. The molecule has 1 heterocycles. The van der Waals surface area contributed by atoms with E-state index in [1.54, 1.807) is 6.21 Å². The molecule has 0 aliphatic carbocycles. The number of nitrogens with zero attached hydrogens (tertiary/aromatic N) is 4. The fourth-order valence-electron chi connectivity index (χ4n) is 2.09. The Hall–Kier alpha value is -2.99. The molecule has 0 unspecified atom stereocenters. The first-order valence-electron chi connectivity index (χ1n) is 8.06. The van der Waals surface area contributed by atoms with Crippen molar-refractivity contribution in [3.63, 3.8) is 0 Å². The lowest BCUT2D eigenvalue weighted by atomic mass is 10.2. The van der Waals surface area contributed by atoms with Crippen LogP contribution < -0.4 is 16.6 Å². The zero-order chi connectivity index (χ0) is 20.8. The van der Waals surface area contributed by atoms with Gasteiger partial charge in [0.1, 0.15) is 17.3 Å². The van der Waals surface area contributed by atoms with Crippen molar-refractivity contribution in [2.45, 2.75) is 5.16 Å². The molecule has 1 amide bonds. The van der Waals surface area contributed by atoms with Gasteiger partial charge in [0.25, 0.3) is 5.95 Å². The van der Waals surface area contributed by atoms with E-state index < -0.39 is 23.2 Å². The van der Waals surface area contributed by atoms with Crippen LogP contribution in [0.3, 0.4) is 0 Å². The number of aromatic nitrogens is 3. The number of hydrazone groups is 1. The van der Waals surface area contributed by atoms with E-state index in [1.807, 2.05) is 24.3 Å². The average Bonchev–Trinajstić information content (AvgIpc) is 3.04. The van der Waals surface area contributed by atoms with E-state index in [0.29, 0.717) is 0 Å². The number of halogens is 3. The molecule has 2 aromatic carbocycles. The highest BCUT2D eigenvalue weighted by atomic mass is 79.9. The van der Waals surface area contributed by atoms with Crippen LogP contribution in [-0.2, 0) is 4.79 Å². The van der Waals surface area contributed by atoms with Crippen molar-refractivity contribution >= 4 is 51.4 Å². The normalized spacial score (nSPS) is 11.0. The van der Waals surface area contributed by atoms with Gasteiger partial charge in [0.15, 0.2) is 0 Å². The first-order valence-corrected chi connectivity index (χ1v) is 9.83. The lowest BCUT2D eigenvalue weighted by Gasteiger charge is -2.07. The zero-order valence-electron chi connectivity index (χ0n) is 14.6. The highest BCUT2D eigenvalue weighted by molar-refractivity contribution is 9.10. The summed E-state index contributed by atoms with van der Waals surface area (Å²) in [7, 11) is 0. The third kappa shape index (κ3) is 5.51. The van der Waals surface area contributed by atoms with Crippen LogP contribution >= 0.6 is 27.7 Å². The van der Waals surface area contributed by atoms with E-state index >= 15 is 0 Å². The second-order valence-corrected chi connectivity index (χ2v) is 7.39. The number of amides is 1. The number of thioether (sulfide) groups is 1. The SMILES string of the molecule is Nn1c(N/N=C/c2ccc(Br)cc2)nnc1SCC(=O)Nc1c(F)cccc1F. The number of hydrogen-bond acceptors (Lipinski definition) is 7. The minimum absolute atomic E-state index is 0.154. The number of carbonyl (C=O) groups is 1. The summed E-state index contributed by atoms with van der Waals surface area (Å²) in [4.78, 5) is 12.0. The van der Waals surface area contributed by atoms with Crippen molar-refractivity contribution in [1.29, 1.82) is 0 Å². The minimum atomic E-state index is -0.861. The Morgan fingerprint density at radius 1 is 1.21 bits per heavy atom. The largest absolute Gasteiger partial charge is 0.334 e. The Balaban J connectivity index is 1.55. The average molecular weight is 482 g/mol. The van der Waals surface area contributed by atoms with Crippen molar-refractivity contribution in [2.24, 2.45) is 5.10 Å². The lowest BCUT2D eigenvalue weighted by Crippen LogP contribution is -2.18. The van der Waals surface area contributed by atoms with E-state index in [0.717, 1.165) is 38.6 Å². The van der Waals surface area contributed by atoms with E-state index in [9.17, 15) is 13.6 Å². The number of benzene rings is 2. The summed E-state index contributed by atoms with van der Waals surface area (Å²) >= 11 is 4.30. The van der Waals surface area contributed by atoms with Crippen LogP contribution in [0.15, 0.2) is 57.2 Å². The van der Waals surface area contributed by atoms with Gasteiger partial charge in [-0.15, -0.1) is 10.2 Å². The molecule has 29 heavy (non-hydrogen) atoms. The summed E-state index contributed by atoms with van der Waals surface area (Å²) < 4.78 is 29.2. The van der Waals surface area contributed by atoms with Gasteiger partial charge in [-0.3, -0.25) is 4.79 Å². The van der Waals surface area contributed by atoms with Crippen molar-refractivity contribution in [2.75, 3.05) is 22.3 Å². The number of anilines is 2. The second-order valence-electron chi connectivity index (χ2n) is 5.53. The van der Waals surface area contributed by atoms with Gasteiger partial charge in [-0.2, -0.15) is 5.10 Å². The summed E-state index contributed by atoms with van der Waals surface area (Å²) in [6.45, 7) is 0. The standard InChI is InChI=1S/C17H14BrF2N7OS/c18-11-6-4-10(5-7-11)8-22-24-16-25-26-17(27(16)21)29-9-14(28)23-15-12(19)2-1-3-13(15)20/h1-8H,9,21H2,(H,23,28)(H,24,25)/b22-8+. The second kappa shape index (κ2) is 9.47. The Bertz CT molecular complexity index is 1020. The molecule has 0 radical (unpaired) electrons. The number of nitrogens with one attached hydrogen (secondary N) is 2. The van der Waals surface area contributed by atoms with Gasteiger partial charge in [-0.25, -0.2) is 18.9 Å². The van der Waals surface area contributed by atoms with Crippen molar-refractivity contribution in [3.8, 4) is 0 Å². The summed E-state index contributed by atoms with van der Waals surface area (Å²) in [5.41, 5.74) is 3.00. The molecule has 0 spiro atoms. The number of rotatable bonds is 7. The van der Waals surface area contributed by atoms with Crippen LogP contribution in [0.4, 0.5) is 20.4 Å². The van der Waals surface area contributed by atoms with Crippen LogP contribution in [0.1, 0.15) is 5.56 Å². The monoisotopic (exact) mass is 481 g/mol. The van der Waals surface area contributed by atoms with Gasteiger partial charge in [0.05, 0.1) is 12.0 Å². The molecule has 150 valence electrons. The predicted octanol–water partition coefficient (Wildman–Crippen LogP) is 3.21. The third-order valence-corrected chi connectivity index (χ3v) is 4.94. The molecule has 0 aliphatic heterocycles. The molecule has 0 saturated heterocycles. The molecule has 0 fully saturated rings. The Labute approximate surface area is 176 Å². The van der Waals surface area contributed by atoms with Crippen LogP contribution in [0.25, 0.3) is 0 Å². The maximum Gasteiger partial charge on any atom is 0.264 e. The van der Waals surface area contributed by atoms with Crippen LogP contribution in [0, 0.1) is 11.6 Å². The summed E-state index contributed by atoms with van der Waals surface area (Å²) in [5.74, 6) is 3.50. The van der Waals surface area contributed by atoms with Crippen LogP contribution in [0.2, 0.25) is 0 Å². The fourth-order valence-corrected chi connectivity index (χ4v) is 3.01. The molecule has 0 bridgehead atoms. The quantitative estimate of drug-likeness (QED) is 0.207. The molecule has 4 N–H and O–H groups in total. The van der Waals surface area contributed by atoms with Gasteiger partial charge in [0, 0.05) is 4.47 Å². The molecule has 12 heteroatoms. The number of nitrogen functional groups attached to an aromatic ring is 1. The molecule has 0 saturated carbocycles. The smallest absolute Gasteiger partial charge is 0.264 e. The summed E-state index contributed by atoms with van der Waals surface area (Å²) in [6, 6.07) is 10.8. The minimum Gasteiger partial charge on any atom is -0.334 e. The first kappa shape index (κ1) is 20.7. The predicted molar refractivity (Wildman–Crippen MR) is 111 cm³/mol. The van der Waals surface area contributed by atoms with Crippen molar-refractivity contribution in [3.05, 3.63) is 64.1 Å². The molecule has 3 rings (SSSR count). The van der Waals surface area contributed by atoms with Gasteiger partial charge >= 0.3 is 0 Å². The van der Waals surface area contributed by atoms with Crippen LogP contribution in [-0.4, -0.2) is 32.7 Å². The zero-order valence-corrected chi connectivity index (χ0v) is 17.0. The maximum atomic E-state index is 13.6. The van der Waals surface area contributed by atoms with E-state index in [1.165, 1.54) is 6.07 Å². The van der Waals surface area contributed by atoms with Gasteiger partial charge in [-0.05, 0) is 29.8 Å². The molecule has 0 atom stereocenters. The van der Waals surface area contributed by atoms with Gasteiger partial charge < -0.3 is 11.2 Å². The summed E-state index contributed by atoms with van der Waals surface area (Å²) in [6.07, 6.45) is 1.57. The van der Waals surface area contributed by atoms with Gasteiger partial charge in [0.2, 0.25) is 11.1 Å². The molecule has 8 nitrogen and oxygen atoms in total. The van der Waals surface area contributed by atoms with Gasteiger partial charge in [-0.1, -0.05) is 45.9 Å². The van der Waals surface area contributed by atoms with Crippen molar-refractivity contribution < 1.29 is 13.6 Å². The Morgan fingerprint density at radius 3 is 2.59 bits per heavy atom. The third-order valence-electron chi connectivity index (χ3n) is 3.47. The number of para-hydroxylation sites is 1. The highest BCUT2D eigenvalue weighted by Crippen LogP contribution is 2.20. The first-order chi connectivity index (χ1) is 13.9. The van der Waals surface area contributed by atoms with E-state index in [-0.39, 0.29) is 16.9 Å². The molecule has 1 aromatic heterocycles. The van der Waals surface area contributed by atoms with E-state index in [2.05, 4.69) is 42.0 Å². The molecular formula is C17H14BrF2N7OS. The Kier molecular flexibility index (Phi) is 6.77. The topological polar surface area (TPSA) is 110 Å². The lowest BCUT2D eigenvalue weighted by molar-refractivity contribution is -0.113. The van der Waals surface area contributed by atoms with Crippen LogP contribution in [0.5, 0.6) is 0 Å². The molecular weight excluding hydrogens is 468 g/mol. The van der Waals surface area contributed by atoms with Crippen molar-refractivity contribution in [1.82, 2.24) is 14.9 Å².